The third-order valence-corrected chi connectivity index (χ3v) is 2.74. The lowest BCUT2D eigenvalue weighted by atomic mass is 10.0. The monoisotopic (exact) mass is 240 g/mol. The lowest BCUT2D eigenvalue weighted by Crippen LogP contribution is -2.39. The summed E-state index contributed by atoms with van der Waals surface area (Å²) in [5, 5.41) is 3.34. The Bertz CT molecular complexity index is 481. The topological polar surface area (TPSA) is 38.0 Å². The van der Waals surface area contributed by atoms with Gasteiger partial charge in [0.25, 0.3) is 0 Å². The zero-order valence-corrected chi connectivity index (χ0v) is 11.0. The minimum Gasteiger partial charge on any atom is -0.383 e. The van der Waals surface area contributed by atoms with Gasteiger partial charge in [-0.15, -0.1) is 0 Å². The van der Waals surface area contributed by atoms with Crippen molar-refractivity contribution in [3.8, 4) is 11.1 Å². The molecule has 0 spiro atoms. The van der Waals surface area contributed by atoms with E-state index in [4.69, 9.17) is 5.73 Å². The summed E-state index contributed by atoms with van der Waals surface area (Å²) in [5.41, 5.74) is 9.32. The second-order valence-corrected chi connectivity index (χ2v) is 5.29. The molecule has 94 valence electrons. The molecule has 2 aromatic carbocycles. The minimum absolute atomic E-state index is 0.196. The van der Waals surface area contributed by atoms with Crippen LogP contribution in [0.25, 0.3) is 11.1 Å². The fourth-order valence-corrected chi connectivity index (χ4v) is 1.74. The van der Waals surface area contributed by atoms with E-state index in [1.54, 1.807) is 0 Å². The van der Waals surface area contributed by atoms with Crippen LogP contribution in [-0.4, -0.2) is 12.1 Å². The number of rotatable bonds is 4. The molecule has 0 bridgehead atoms. The summed E-state index contributed by atoms with van der Waals surface area (Å²) in [6, 6.07) is 18.8. The summed E-state index contributed by atoms with van der Waals surface area (Å²) in [6.07, 6.45) is 0. The molecule has 0 aromatic heterocycles. The molecule has 0 atom stereocenters. The van der Waals surface area contributed by atoms with Gasteiger partial charge in [-0.05, 0) is 37.1 Å². The first kappa shape index (κ1) is 12.7. The van der Waals surface area contributed by atoms with Crippen molar-refractivity contribution in [2.24, 2.45) is 5.73 Å². The van der Waals surface area contributed by atoms with Gasteiger partial charge in [0.05, 0.1) is 0 Å². The summed E-state index contributed by atoms with van der Waals surface area (Å²) < 4.78 is 0. The molecule has 0 aliphatic rings. The summed E-state index contributed by atoms with van der Waals surface area (Å²) in [4.78, 5) is 0. The summed E-state index contributed by atoms with van der Waals surface area (Å²) >= 11 is 0. The van der Waals surface area contributed by atoms with Gasteiger partial charge in [-0.1, -0.05) is 42.5 Å². The zero-order chi connectivity index (χ0) is 13.0. The highest BCUT2D eigenvalue weighted by Crippen LogP contribution is 2.21. The van der Waals surface area contributed by atoms with Crippen molar-refractivity contribution >= 4 is 5.69 Å². The number of hydrogen-bond acceptors (Lipinski definition) is 2. The first-order valence-electron chi connectivity index (χ1n) is 6.23. The maximum absolute atomic E-state index is 5.94. The molecule has 2 heteroatoms. The molecule has 3 N–H and O–H groups in total. The van der Waals surface area contributed by atoms with Gasteiger partial charge in [-0.25, -0.2) is 0 Å². The molecule has 18 heavy (non-hydrogen) atoms. The number of benzene rings is 2. The molecule has 0 saturated carbocycles. The molecule has 0 aliphatic carbocycles. The Labute approximate surface area is 109 Å². The number of nitrogens with two attached hydrogens (primary N) is 1. The Morgan fingerprint density at radius 3 is 2.00 bits per heavy atom. The van der Waals surface area contributed by atoms with E-state index < -0.39 is 0 Å². The zero-order valence-electron chi connectivity index (χ0n) is 11.0. The Balaban J connectivity index is 2.07. The molecule has 0 radical (unpaired) electrons. The Kier molecular flexibility index (Phi) is 3.68. The molecular formula is C16H20N2. The average Bonchev–Trinajstić information content (AvgIpc) is 2.37. The molecule has 2 rings (SSSR count). The highest BCUT2D eigenvalue weighted by molar-refractivity contribution is 5.65. The maximum atomic E-state index is 5.94. The van der Waals surface area contributed by atoms with Crippen LogP contribution in [0.3, 0.4) is 0 Å². The Morgan fingerprint density at radius 2 is 1.44 bits per heavy atom. The van der Waals surface area contributed by atoms with Crippen molar-refractivity contribution in [2.45, 2.75) is 19.4 Å². The third-order valence-electron chi connectivity index (χ3n) is 2.74. The number of anilines is 1. The van der Waals surface area contributed by atoms with Gasteiger partial charge in [-0.2, -0.15) is 0 Å². The van der Waals surface area contributed by atoms with E-state index in [0.29, 0.717) is 0 Å². The quantitative estimate of drug-likeness (QED) is 0.858. The first-order valence-corrected chi connectivity index (χ1v) is 6.23. The van der Waals surface area contributed by atoms with E-state index in [0.717, 1.165) is 12.2 Å². The maximum Gasteiger partial charge on any atom is 0.0341 e. The molecule has 0 heterocycles. The molecule has 0 aliphatic heterocycles. The number of nitrogens with one attached hydrogen (secondary N) is 1. The SMILES string of the molecule is CC(C)(N)CNc1ccc(-c2ccccc2)cc1. The van der Waals surface area contributed by atoms with Crippen LogP contribution in [0.15, 0.2) is 54.6 Å². The van der Waals surface area contributed by atoms with Crippen molar-refractivity contribution in [3.05, 3.63) is 54.6 Å². The van der Waals surface area contributed by atoms with Gasteiger partial charge in [0.15, 0.2) is 0 Å². The van der Waals surface area contributed by atoms with Gasteiger partial charge in [0, 0.05) is 17.8 Å². The van der Waals surface area contributed by atoms with E-state index in [2.05, 4.69) is 53.8 Å². The second kappa shape index (κ2) is 5.23. The fourth-order valence-electron chi connectivity index (χ4n) is 1.74. The molecule has 0 amide bonds. The van der Waals surface area contributed by atoms with E-state index in [9.17, 15) is 0 Å². The van der Waals surface area contributed by atoms with E-state index in [1.165, 1.54) is 11.1 Å². The van der Waals surface area contributed by atoms with Gasteiger partial charge in [0.1, 0.15) is 0 Å². The van der Waals surface area contributed by atoms with Crippen LogP contribution in [0.5, 0.6) is 0 Å². The lowest BCUT2D eigenvalue weighted by molar-refractivity contribution is 0.549. The normalized spacial score (nSPS) is 11.3. The molecule has 2 nitrogen and oxygen atoms in total. The summed E-state index contributed by atoms with van der Waals surface area (Å²) in [6.45, 7) is 4.79. The van der Waals surface area contributed by atoms with Gasteiger partial charge in [0.2, 0.25) is 0 Å². The van der Waals surface area contributed by atoms with Crippen LogP contribution in [0.2, 0.25) is 0 Å². The molecule has 0 unspecified atom stereocenters. The van der Waals surface area contributed by atoms with Crippen molar-refractivity contribution in [1.82, 2.24) is 0 Å². The van der Waals surface area contributed by atoms with Crippen LogP contribution in [-0.2, 0) is 0 Å². The molecular weight excluding hydrogens is 220 g/mol. The van der Waals surface area contributed by atoms with Crippen molar-refractivity contribution in [3.63, 3.8) is 0 Å². The van der Waals surface area contributed by atoms with Gasteiger partial charge < -0.3 is 11.1 Å². The second-order valence-electron chi connectivity index (χ2n) is 5.29. The van der Waals surface area contributed by atoms with Crippen LogP contribution in [0.1, 0.15) is 13.8 Å². The number of hydrogen-bond donors (Lipinski definition) is 2. The van der Waals surface area contributed by atoms with Crippen LogP contribution < -0.4 is 11.1 Å². The summed E-state index contributed by atoms with van der Waals surface area (Å²) in [5.74, 6) is 0. The van der Waals surface area contributed by atoms with Crippen molar-refractivity contribution in [2.75, 3.05) is 11.9 Å². The highest BCUT2D eigenvalue weighted by atomic mass is 14.9. The van der Waals surface area contributed by atoms with E-state index in [1.807, 2.05) is 19.9 Å². The molecule has 0 saturated heterocycles. The standard InChI is InChI=1S/C16H20N2/c1-16(2,17)12-18-15-10-8-14(9-11-15)13-6-4-3-5-7-13/h3-11,18H,12,17H2,1-2H3. The summed E-state index contributed by atoms with van der Waals surface area (Å²) in [7, 11) is 0. The lowest BCUT2D eigenvalue weighted by Gasteiger charge is -2.19. The van der Waals surface area contributed by atoms with Crippen molar-refractivity contribution in [1.29, 1.82) is 0 Å². The minimum atomic E-state index is -0.196. The van der Waals surface area contributed by atoms with E-state index >= 15 is 0 Å². The fraction of sp³-hybridized carbons (Fsp3) is 0.250. The highest BCUT2D eigenvalue weighted by Gasteiger charge is 2.09. The predicted octanol–water partition coefficient (Wildman–Crippen LogP) is 3.50. The predicted molar refractivity (Wildman–Crippen MR) is 78.6 cm³/mol. The van der Waals surface area contributed by atoms with Gasteiger partial charge in [-0.3, -0.25) is 0 Å². The third kappa shape index (κ3) is 3.60. The Morgan fingerprint density at radius 1 is 0.889 bits per heavy atom. The smallest absolute Gasteiger partial charge is 0.0341 e. The first-order chi connectivity index (χ1) is 8.54. The van der Waals surface area contributed by atoms with E-state index in [-0.39, 0.29) is 5.54 Å². The molecule has 2 aromatic rings. The average molecular weight is 240 g/mol. The van der Waals surface area contributed by atoms with Crippen LogP contribution in [0.4, 0.5) is 5.69 Å². The van der Waals surface area contributed by atoms with Crippen LogP contribution >= 0.6 is 0 Å². The largest absolute Gasteiger partial charge is 0.383 e. The van der Waals surface area contributed by atoms with Crippen LogP contribution in [0, 0.1) is 0 Å². The molecule has 0 fully saturated rings. The Hall–Kier alpha value is -1.80. The van der Waals surface area contributed by atoms with Gasteiger partial charge >= 0.3 is 0 Å². The van der Waals surface area contributed by atoms with Crippen molar-refractivity contribution < 1.29 is 0 Å².